The Morgan fingerprint density at radius 3 is 2.21 bits per heavy atom. The number of carbonyl (C=O) groups excluding carboxylic acids is 2. The van der Waals surface area contributed by atoms with E-state index >= 15 is 0 Å². The van der Waals surface area contributed by atoms with E-state index in [1.165, 1.54) is 17.0 Å². The highest BCUT2D eigenvalue weighted by Crippen LogP contribution is 2.27. The summed E-state index contributed by atoms with van der Waals surface area (Å²) >= 11 is 12.6. The van der Waals surface area contributed by atoms with E-state index in [-0.39, 0.29) is 36.6 Å². The molecule has 2 amide bonds. The molecule has 0 saturated carbocycles. The zero-order chi connectivity index (χ0) is 21.6. The molecule has 2 aromatic carbocycles. The van der Waals surface area contributed by atoms with Gasteiger partial charge in [0, 0.05) is 28.2 Å². The average Bonchev–Trinajstić information content (AvgIpc) is 2.68. The van der Waals surface area contributed by atoms with Crippen LogP contribution in [0.25, 0.3) is 0 Å². The van der Waals surface area contributed by atoms with Gasteiger partial charge in [0.1, 0.15) is 11.9 Å². The summed E-state index contributed by atoms with van der Waals surface area (Å²) < 4.78 is 13.2. The van der Waals surface area contributed by atoms with Gasteiger partial charge in [-0.05, 0) is 50.1 Å². The van der Waals surface area contributed by atoms with Crippen LogP contribution in [0, 0.1) is 5.82 Å². The third-order valence-electron chi connectivity index (χ3n) is 4.83. The normalized spacial score (nSPS) is 12.9. The predicted octanol–water partition coefficient (Wildman–Crippen LogP) is 5.01. The van der Waals surface area contributed by atoms with Crippen LogP contribution in [-0.2, 0) is 22.6 Å². The number of amides is 2. The summed E-state index contributed by atoms with van der Waals surface area (Å²) in [6, 6.07) is 10.1. The third-order valence-corrected chi connectivity index (χ3v) is 5.54. The number of rotatable bonds is 8. The second-order valence-electron chi connectivity index (χ2n) is 7.02. The minimum Gasteiger partial charge on any atom is -0.352 e. The summed E-state index contributed by atoms with van der Waals surface area (Å²) in [5.41, 5.74) is 1.23. The molecule has 0 aromatic heterocycles. The maximum absolute atomic E-state index is 13.2. The van der Waals surface area contributed by atoms with Gasteiger partial charge >= 0.3 is 0 Å². The minimum absolute atomic E-state index is 0.0112. The Morgan fingerprint density at radius 2 is 1.66 bits per heavy atom. The maximum Gasteiger partial charge on any atom is 0.242 e. The maximum atomic E-state index is 13.2. The van der Waals surface area contributed by atoms with Crippen LogP contribution in [0.4, 0.5) is 4.39 Å². The van der Waals surface area contributed by atoms with Crippen LogP contribution in [0.15, 0.2) is 42.5 Å². The van der Waals surface area contributed by atoms with Gasteiger partial charge in [0.05, 0.1) is 6.42 Å². The summed E-state index contributed by atoms with van der Waals surface area (Å²) in [4.78, 5) is 27.2. The fourth-order valence-electron chi connectivity index (χ4n) is 2.78. The van der Waals surface area contributed by atoms with Crippen LogP contribution in [0.1, 0.15) is 38.3 Å². The first kappa shape index (κ1) is 23.2. The lowest BCUT2D eigenvalue weighted by Crippen LogP contribution is -2.50. The summed E-state index contributed by atoms with van der Waals surface area (Å²) in [6.07, 6.45) is 0.807. The van der Waals surface area contributed by atoms with Crippen molar-refractivity contribution < 1.29 is 14.0 Å². The molecule has 0 spiro atoms. The molecule has 0 heterocycles. The predicted molar refractivity (Wildman–Crippen MR) is 114 cm³/mol. The average molecular weight is 439 g/mol. The van der Waals surface area contributed by atoms with Gasteiger partial charge in [-0.2, -0.15) is 0 Å². The van der Waals surface area contributed by atoms with Crippen molar-refractivity contribution in [2.75, 3.05) is 0 Å². The zero-order valence-electron chi connectivity index (χ0n) is 16.7. The van der Waals surface area contributed by atoms with E-state index in [0.717, 1.165) is 6.42 Å². The van der Waals surface area contributed by atoms with Crippen molar-refractivity contribution in [3.63, 3.8) is 0 Å². The molecule has 1 N–H and O–H groups in total. The lowest BCUT2D eigenvalue weighted by molar-refractivity contribution is -0.140. The largest absolute Gasteiger partial charge is 0.352 e. The van der Waals surface area contributed by atoms with Crippen molar-refractivity contribution in [2.45, 2.75) is 52.2 Å². The highest BCUT2D eigenvalue weighted by Gasteiger charge is 2.28. The molecule has 29 heavy (non-hydrogen) atoms. The first-order valence-electron chi connectivity index (χ1n) is 9.50. The molecule has 7 heteroatoms. The highest BCUT2D eigenvalue weighted by molar-refractivity contribution is 6.36. The SMILES string of the molecule is CC[C@H](C)NC(=O)[C@@H](C)N(Cc1c(Cl)cccc1Cl)C(=O)Cc1ccc(F)cc1. The van der Waals surface area contributed by atoms with Crippen molar-refractivity contribution >= 4 is 35.0 Å². The molecule has 0 radical (unpaired) electrons. The standard InChI is InChI=1S/C22H25Cl2FN2O2/c1-4-14(2)26-22(29)15(3)27(13-18-19(23)6-5-7-20(18)24)21(28)12-16-8-10-17(25)11-9-16/h5-11,14-15H,4,12-13H2,1-3H3,(H,26,29)/t14-,15+/m0/s1. The Bertz CT molecular complexity index is 838. The van der Waals surface area contributed by atoms with Crippen LogP contribution < -0.4 is 5.32 Å². The number of benzene rings is 2. The quantitative estimate of drug-likeness (QED) is 0.629. The third kappa shape index (κ3) is 6.44. The summed E-state index contributed by atoms with van der Waals surface area (Å²) in [5.74, 6) is -0.906. The van der Waals surface area contributed by atoms with Crippen LogP contribution in [0.5, 0.6) is 0 Å². The van der Waals surface area contributed by atoms with E-state index in [1.807, 2.05) is 13.8 Å². The van der Waals surface area contributed by atoms with Crippen molar-refractivity contribution in [2.24, 2.45) is 0 Å². The van der Waals surface area contributed by atoms with E-state index in [2.05, 4.69) is 5.32 Å². The van der Waals surface area contributed by atoms with Crippen LogP contribution in [0.3, 0.4) is 0 Å². The van der Waals surface area contributed by atoms with Crippen molar-refractivity contribution in [1.29, 1.82) is 0 Å². The molecule has 0 bridgehead atoms. The van der Waals surface area contributed by atoms with Gasteiger partial charge in [-0.25, -0.2) is 4.39 Å². The van der Waals surface area contributed by atoms with Crippen LogP contribution in [-0.4, -0.2) is 28.8 Å². The Balaban J connectivity index is 2.29. The fraction of sp³-hybridized carbons (Fsp3) is 0.364. The molecule has 4 nitrogen and oxygen atoms in total. The first-order valence-corrected chi connectivity index (χ1v) is 10.3. The van der Waals surface area contributed by atoms with Crippen LogP contribution >= 0.6 is 23.2 Å². The molecule has 0 unspecified atom stereocenters. The Hall–Kier alpha value is -2.11. The number of hydrogen-bond donors (Lipinski definition) is 1. The summed E-state index contributed by atoms with van der Waals surface area (Å²) in [7, 11) is 0. The molecular formula is C22H25Cl2FN2O2. The summed E-state index contributed by atoms with van der Waals surface area (Å²) in [5, 5.41) is 3.75. The molecule has 2 rings (SSSR count). The first-order chi connectivity index (χ1) is 13.7. The smallest absolute Gasteiger partial charge is 0.242 e. The Morgan fingerprint density at radius 1 is 1.07 bits per heavy atom. The van der Waals surface area contributed by atoms with E-state index in [4.69, 9.17) is 23.2 Å². The highest BCUT2D eigenvalue weighted by atomic mass is 35.5. The molecular weight excluding hydrogens is 414 g/mol. The van der Waals surface area contributed by atoms with Gasteiger partial charge in [0.25, 0.3) is 0 Å². The van der Waals surface area contributed by atoms with Crippen molar-refractivity contribution in [3.05, 3.63) is 69.5 Å². The lowest BCUT2D eigenvalue weighted by atomic mass is 10.1. The molecule has 0 fully saturated rings. The van der Waals surface area contributed by atoms with Gasteiger partial charge < -0.3 is 10.2 Å². The molecule has 2 atom stereocenters. The van der Waals surface area contributed by atoms with Gasteiger partial charge in [-0.15, -0.1) is 0 Å². The van der Waals surface area contributed by atoms with Crippen molar-refractivity contribution in [3.8, 4) is 0 Å². The van der Waals surface area contributed by atoms with Gasteiger partial charge in [-0.3, -0.25) is 9.59 Å². The van der Waals surface area contributed by atoms with Gasteiger partial charge in [0.2, 0.25) is 11.8 Å². The second kappa shape index (κ2) is 10.6. The molecule has 2 aromatic rings. The molecule has 0 aliphatic rings. The number of nitrogens with zero attached hydrogens (tertiary/aromatic N) is 1. The van der Waals surface area contributed by atoms with E-state index < -0.39 is 6.04 Å². The number of hydrogen-bond acceptors (Lipinski definition) is 2. The van der Waals surface area contributed by atoms with Gasteiger partial charge in [0.15, 0.2) is 0 Å². The van der Waals surface area contributed by atoms with Gasteiger partial charge in [-0.1, -0.05) is 48.3 Å². The van der Waals surface area contributed by atoms with E-state index in [1.54, 1.807) is 37.3 Å². The molecule has 156 valence electrons. The Kier molecular flexibility index (Phi) is 8.47. The van der Waals surface area contributed by atoms with E-state index in [0.29, 0.717) is 21.2 Å². The Labute approximate surface area is 181 Å². The number of halogens is 3. The zero-order valence-corrected chi connectivity index (χ0v) is 18.2. The molecule has 0 saturated heterocycles. The van der Waals surface area contributed by atoms with Crippen LogP contribution in [0.2, 0.25) is 10.0 Å². The van der Waals surface area contributed by atoms with E-state index in [9.17, 15) is 14.0 Å². The summed E-state index contributed by atoms with van der Waals surface area (Å²) in [6.45, 7) is 5.63. The molecule has 0 aliphatic carbocycles. The van der Waals surface area contributed by atoms with Crippen molar-refractivity contribution in [1.82, 2.24) is 10.2 Å². The fourth-order valence-corrected chi connectivity index (χ4v) is 3.30. The molecule has 0 aliphatic heterocycles. The monoisotopic (exact) mass is 438 g/mol. The number of carbonyl (C=O) groups is 2. The second-order valence-corrected chi connectivity index (χ2v) is 7.83. The lowest BCUT2D eigenvalue weighted by Gasteiger charge is -2.30. The number of nitrogens with one attached hydrogen (secondary N) is 1. The minimum atomic E-state index is -0.732. The topological polar surface area (TPSA) is 49.4 Å².